The lowest BCUT2D eigenvalue weighted by molar-refractivity contribution is -0.132. The van der Waals surface area contributed by atoms with Crippen molar-refractivity contribution in [2.45, 2.75) is 19.9 Å². The number of rotatable bonds is 9. The highest BCUT2D eigenvalue weighted by Gasteiger charge is 2.48. The number of amides is 1. The number of ether oxygens (including phenoxy) is 4. The Bertz CT molecular complexity index is 1540. The first kappa shape index (κ1) is 28.4. The predicted octanol–water partition coefficient (Wildman–Crippen LogP) is 4.75. The Labute approximate surface area is 235 Å². The van der Waals surface area contributed by atoms with E-state index in [9.17, 15) is 19.5 Å². The van der Waals surface area contributed by atoms with E-state index >= 15 is 0 Å². The maximum Gasteiger partial charge on any atom is 0.350 e. The first-order valence-electron chi connectivity index (χ1n) is 12.1. The number of hydrogen-bond acceptors (Lipinski definition) is 10. The molecule has 0 radical (unpaired) electrons. The van der Waals surface area contributed by atoms with E-state index in [4.69, 9.17) is 18.9 Å². The number of aryl methyl sites for hydroxylation is 2. The Morgan fingerprint density at radius 3 is 2.40 bits per heavy atom. The molecule has 1 amide bonds. The normalized spacial score (nSPS) is 16.1. The van der Waals surface area contributed by atoms with E-state index in [2.05, 4.69) is 11.6 Å². The van der Waals surface area contributed by atoms with Crippen LogP contribution in [0, 0.1) is 13.8 Å². The number of aromatic nitrogens is 1. The van der Waals surface area contributed by atoms with Crippen molar-refractivity contribution < 1.29 is 38.4 Å². The van der Waals surface area contributed by atoms with Gasteiger partial charge >= 0.3 is 11.9 Å². The maximum absolute atomic E-state index is 13.5. The molecule has 4 rings (SSSR count). The standard InChI is InChI=1S/C29H28N2O8S/c1-7-12-39-19-10-9-18(13-15(19)2)24(32)22-23(17-8-11-20(36-4)21(14-17)37-5)31(27(34)25(22)33)29-30-16(3)26(40-29)28(35)38-6/h7-11,13-14,23,32H,1,12H2,2-6H3/b24-22-. The number of carbonyl (C=O) groups excluding carboxylic acids is 3. The summed E-state index contributed by atoms with van der Waals surface area (Å²) < 4.78 is 21.3. The molecule has 11 heteroatoms. The second-order valence-electron chi connectivity index (χ2n) is 8.77. The van der Waals surface area contributed by atoms with E-state index in [0.717, 1.165) is 11.3 Å². The molecule has 10 nitrogen and oxygen atoms in total. The molecule has 1 N–H and O–H groups in total. The number of benzene rings is 2. The van der Waals surface area contributed by atoms with Gasteiger partial charge in [-0.25, -0.2) is 9.78 Å². The molecule has 1 fully saturated rings. The summed E-state index contributed by atoms with van der Waals surface area (Å²) in [7, 11) is 4.19. The summed E-state index contributed by atoms with van der Waals surface area (Å²) in [5.74, 6) is -1.43. The number of hydrogen-bond donors (Lipinski definition) is 1. The van der Waals surface area contributed by atoms with Gasteiger partial charge < -0.3 is 24.1 Å². The second kappa shape index (κ2) is 11.6. The van der Waals surface area contributed by atoms with Crippen LogP contribution in [0.5, 0.6) is 17.2 Å². The number of thiazole rings is 1. The summed E-state index contributed by atoms with van der Waals surface area (Å²) >= 11 is 0.915. The largest absolute Gasteiger partial charge is 0.507 e. The van der Waals surface area contributed by atoms with Gasteiger partial charge in [-0.2, -0.15) is 0 Å². The van der Waals surface area contributed by atoms with Gasteiger partial charge in [-0.05, 0) is 55.3 Å². The van der Waals surface area contributed by atoms with Crippen LogP contribution < -0.4 is 19.1 Å². The zero-order valence-corrected chi connectivity index (χ0v) is 23.5. The topological polar surface area (TPSA) is 124 Å². The molecule has 2 heterocycles. The van der Waals surface area contributed by atoms with Crippen LogP contribution >= 0.6 is 11.3 Å². The first-order chi connectivity index (χ1) is 19.2. The van der Waals surface area contributed by atoms with Crippen LogP contribution in [0.4, 0.5) is 5.13 Å². The molecule has 1 aliphatic rings. The summed E-state index contributed by atoms with van der Waals surface area (Å²) in [6.45, 7) is 7.34. The quantitative estimate of drug-likeness (QED) is 0.129. The molecule has 1 unspecified atom stereocenters. The maximum atomic E-state index is 13.5. The fourth-order valence-corrected chi connectivity index (χ4v) is 5.41. The lowest BCUT2D eigenvalue weighted by Gasteiger charge is -2.24. The van der Waals surface area contributed by atoms with Crippen molar-refractivity contribution in [2.24, 2.45) is 0 Å². The van der Waals surface area contributed by atoms with Crippen molar-refractivity contribution in [1.29, 1.82) is 0 Å². The Hall–Kier alpha value is -4.64. The minimum atomic E-state index is -1.09. The van der Waals surface area contributed by atoms with E-state index in [1.807, 2.05) is 0 Å². The smallest absolute Gasteiger partial charge is 0.350 e. The number of anilines is 1. The average molecular weight is 565 g/mol. The Kier molecular flexibility index (Phi) is 8.24. The monoisotopic (exact) mass is 564 g/mol. The van der Waals surface area contributed by atoms with Gasteiger partial charge in [0, 0.05) is 5.56 Å². The van der Waals surface area contributed by atoms with Gasteiger partial charge in [0.2, 0.25) is 0 Å². The average Bonchev–Trinajstić information content (AvgIpc) is 3.47. The number of Topliss-reactive ketones (excluding diaryl/α,β-unsaturated/α-hetero) is 1. The Morgan fingerprint density at radius 2 is 1.77 bits per heavy atom. The third-order valence-corrected chi connectivity index (χ3v) is 7.47. The van der Waals surface area contributed by atoms with Crippen LogP contribution in [0.1, 0.15) is 38.1 Å². The van der Waals surface area contributed by atoms with Crippen molar-refractivity contribution in [3.05, 3.63) is 81.9 Å². The third-order valence-electron chi connectivity index (χ3n) is 6.33. The number of methoxy groups -OCH3 is 3. The molecule has 2 aromatic carbocycles. The molecule has 0 spiro atoms. The second-order valence-corrected chi connectivity index (χ2v) is 9.74. The highest BCUT2D eigenvalue weighted by Crippen LogP contribution is 2.45. The van der Waals surface area contributed by atoms with Gasteiger partial charge in [-0.1, -0.05) is 30.1 Å². The van der Waals surface area contributed by atoms with Crippen LogP contribution in [0.2, 0.25) is 0 Å². The molecule has 3 aromatic rings. The van der Waals surface area contributed by atoms with Crippen LogP contribution in [-0.2, 0) is 14.3 Å². The lowest BCUT2D eigenvalue weighted by atomic mass is 9.94. The number of ketones is 1. The van der Waals surface area contributed by atoms with Crippen molar-refractivity contribution >= 4 is 39.9 Å². The fraction of sp³-hybridized carbons (Fsp3) is 0.241. The predicted molar refractivity (Wildman–Crippen MR) is 149 cm³/mol. The zero-order chi connectivity index (χ0) is 29.1. The van der Waals surface area contributed by atoms with Gasteiger partial charge in [0.15, 0.2) is 16.6 Å². The molecule has 208 valence electrons. The minimum absolute atomic E-state index is 0.100. The highest BCUT2D eigenvalue weighted by atomic mass is 32.1. The Morgan fingerprint density at radius 1 is 1.07 bits per heavy atom. The van der Waals surface area contributed by atoms with E-state index in [1.165, 1.54) is 26.2 Å². The van der Waals surface area contributed by atoms with Gasteiger partial charge in [0.05, 0.1) is 38.6 Å². The number of aliphatic hydroxyl groups is 1. The van der Waals surface area contributed by atoms with Gasteiger partial charge in [0.25, 0.3) is 5.78 Å². The molecular weight excluding hydrogens is 536 g/mol. The molecule has 0 aliphatic carbocycles. The van der Waals surface area contributed by atoms with Crippen LogP contribution in [0.3, 0.4) is 0 Å². The highest BCUT2D eigenvalue weighted by molar-refractivity contribution is 7.17. The molecule has 1 saturated heterocycles. The Balaban J connectivity index is 1.93. The van der Waals surface area contributed by atoms with E-state index < -0.39 is 23.7 Å². The molecule has 1 aliphatic heterocycles. The molecule has 0 saturated carbocycles. The number of carbonyl (C=O) groups is 3. The van der Waals surface area contributed by atoms with Crippen molar-refractivity contribution in [3.8, 4) is 17.2 Å². The van der Waals surface area contributed by atoms with E-state index in [1.54, 1.807) is 56.3 Å². The molecule has 1 aromatic heterocycles. The van der Waals surface area contributed by atoms with Gasteiger partial charge in [-0.3, -0.25) is 14.5 Å². The summed E-state index contributed by atoms with van der Waals surface area (Å²) in [6.07, 6.45) is 1.61. The number of esters is 1. The first-order valence-corrected chi connectivity index (χ1v) is 12.9. The summed E-state index contributed by atoms with van der Waals surface area (Å²) in [6, 6.07) is 8.76. The summed E-state index contributed by atoms with van der Waals surface area (Å²) in [5.41, 5.74) is 1.67. The number of nitrogens with zero attached hydrogens (tertiary/aromatic N) is 2. The SMILES string of the molecule is C=CCOc1ccc(/C(O)=C2/C(=O)C(=O)N(c3nc(C)c(C(=O)OC)s3)C2c2ccc(OC)c(OC)c2)cc1C. The van der Waals surface area contributed by atoms with E-state index in [0.29, 0.717) is 46.2 Å². The fourth-order valence-electron chi connectivity index (χ4n) is 4.40. The summed E-state index contributed by atoms with van der Waals surface area (Å²) in [5, 5.41) is 11.6. The third kappa shape index (κ3) is 5.03. The van der Waals surface area contributed by atoms with Gasteiger partial charge in [0.1, 0.15) is 23.0 Å². The van der Waals surface area contributed by atoms with Crippen molar-refractivity contribution in [3.63, 3.8) is 0 Å². The zero-order valence-electron chi connectivity index (χ0n) is 22.6. The summed E-state index contributed by atoms with van der Waals surface area (Å²) in [4.78, 5) is 45.1. The molecule has 1 atom stereocenters. The molecule has 40 heavy (non-hydrogen) atoms. The van der Waals surface area contributed by atoms with E-state index in [-0.39, 0.29) is 21.3 Å². The van der Waals surface area contributed by atoms with Gasteiger partial charge in [-0.15, -0.1) is 0 Å². The van der Waals surface area contributed by atoms with Crippen molar-refractivity contribution in [2.75, 3.05) is 32.8 Å². The molecular formula is C29H28N2O8S. The lowest BCUT2D eigenvalue weighted by Crippen LogP contribution is -2.29. The van der Waals surface area contributed by atoms with Crippen LogP contribution in [-0.4, -0.2) is 55.7 Å². The molecule has 0 bridgehead atoms. The van der Waals surface area contributed by atoms with Crippen LogP contribution in [0.25, 0.3) is 5.76 Å². The minimum Gasteiger partial charge on any atom is -0.507 e. The van der Waals surface area contributed by atoms with Crippen LogP contribution in [0.15, 0.2) is 54.6 Å². The van der Waals surface area contributed by atoms with Crippen molar-refractivity contribution in [1.82, 2.24) is 4.98 Å². The number of aliphatic hydroxyl groups excluding tert-OH is 1.